The Morgan fingerprint density at radius 1 is 1.43 bits per heavy atom. The summed E-state index contributed by atoms with van der Waals surface area (Å²) >= 11 is 0. The molecule has 1 heterocycles. The summed E-state index contributed by atoms with van der Waals surface area (Å²) in [6, 6.07) is 7.78. The minimum atomic E-state index is -0.960. The molecule has 2 atom stereocenters. The van der Waals surface area contributed by atoms with E-state index in [2.05, 4.69) is 16.7 Å². The van der Waals surface area contributed by atoms with Gasteiger partial charge in [-0.1, -0.05) is 24.3 Å². The van der Waals surface area contributed by atoms with E-state index in [-0.39, 0.29) is 18.6 Å². The average molecular weight is 290 g/mol. The number of nitrogens with one attached hydrogen (secondary N) is 2. The maximum absolute atomic E-state index is 11.9. The van der Waals surface area contributed by atoms with Crippen molar-refractivity contribution in [3.8, 4) is 0 Å². The number of benzene rings is 1. The van der Waals surface area contributed by atoms with Crippen LogP contribution >= 0.6 is 0 Å². The molecule has 2 aliphatic rings. The SMILES string of the molecule is O=C(NCC1(O)CCCc2ccccc21)NC1CCOC1. The Kier molecular flexibility index (Phi) is 4.12. The van der Waals surface area contributed by atoms with Crippen LogP contribution in [-0.4, -0.2) is 36.9 Å². The predicted molar refractivity (Wildman–Crippen MR) is 79.0 cm³/mol. The van der Waals surface area contributed by atoms with Crippen LogP contribution in [0.15, 0.2) is 24.3 Å². The summed E-state index contributed by atoms with van der Waals surface area (Å²) in [7, 11) is 0. The van der Waals surface area contributed by atoms with Gasteiger partial charge in [-0.05, 0) is 36.8 Å². The summed E-state index contributed by atoms with van der Waals surface area (Å²) in [6.45, 7) is 1.51. The predicted octanol–water partition coefficient (Wildman–Crippen LogP) is 1.30. The molecule has 5 nitrogen and oxygen atoms in total. The van der Waals surface area contributed by atoms with Crippen LogP contribution in [0.3, 0.4) is 0 Å². The summed E-state index contributed by atoms with van der Waals surface area (Å²) in [6.07, 6.45) is 3.45. The van der Waals surface area contributed by atoms with Gasteiger partial charge in [0.1, 0.15) is 5.60 Å². The monoisotopic (exact) mass is 290 g/mol. The minimum absolute atomic E-state index is 0.0817. The molecule has 0 radical (unpaired) electrons. The zero-order chi connectivity index (χ0) is 14.7. The first-order valence-corrected chi connectivity index (χ1v) is 7.60. The van der Waals surface area contributed by atoms with E-state index in [1.54, 1.807) is 0 Å². The summed E-state index contributed by atoms with van der Waals surface area (Å²) < 4.78 is 5.23. The molecule has 3 N–H and O–H groups in total. The second kappa shape index (κ2) is 6.03. The fraction of sp³-hybridized carbons (Fsp3) is 0.562. The molecule has 3 rings (SSSR count). The first-order valence-electron chi connectivity index (χ1n) is 7.60. The van der Waals surface area contributed by atoms with Crippen LogP contribution in [0.25, 0.3) is 0 Å². The Morgan fingerprint density at radius 3 is 3.10 bits per heavy atom. The number of aryl methyl sites for hydroxylation is 1. The molecule has 1 aromatic rings. The van der Waals surface area contributed by atoms with Crippen LogP contribution in [0, 0.1) is 0 Å². The summed E-state index contributed by atoms with van der Waals surface area (Å²) in [5.74, 6) is 0. The number of amides is 2. The Morgan fingerprint density at radius 2 is 2.29 bits per heavy atom. The van der Waals surface area contributed by atoms with Crippen molar-refractivity contribution in [2.45, 2.75) is 37.3 Å². The van der Waals surface area contributed by atoms with Crippen LogP contribution in [0.4, 0.5) is 4.79 Å². The van der Waals surface area contributed by atoms with Gasteiger partial charge in [-0.3, -0.25) is 0 Å². The van der Waals surface area contributed by atoms with Gasteiger partial charge in [0.2, 0.25) is 0 Å². The number of urea groups is 1. The first-order chi connectivity index (χ1) is 10.2. The Hall–Kier alpha value is -1.59. The normalized spacial score (nSPS) is 28.0. The maximum Gasteiger partial charge on any atom is 0.315 e. The fourth-order valence-electron chi connectivity index (χ4n) is 3.19. The maximum atomic E-state index is 11.9. The quantitative estimate of drug-likeness (QED) is 0.786. The highest BCUT2D eigenvalue weighted by Gasteiger charge is 2.34. The first kappa shape index (κ1) is 14.4. The topological polar surface area (TPSA) is 70.6 Å². The highest BCUT2D eigenvalue weighted by molar-refractivity contribution is 5.74. The van der Waals surface area contributed by atoms with E-state index >= 15 is 0 Å². The van der Waals surface area contributed by atoms with Crippen molar-refractivity contribution in [2.75, 3.05) is 19.8 Å². The van der Waals surface area contributed by atoms with Crippen LogP contribution in [-0.2, 0) is 16.8 Å². The van der Waals surface area contributed by atoms with Crippen molar-refractivity contribution in [2.24, 2.45) is 0 Å². The van der Waals surface area contributed by atoms with E-state index in [0.717, 1.165) is 24.8 Å². The molecule has 2 amide bonds. The molecular weight excluding hydrogens is 268 g/mol. The third-order valence-electron chi connectivity index (χ3n) is 4.36. The number of aliphatic hydroxyl groups is 1. The van der Waals surface area contributed by atoms with E-state index < -0.39 is 5.60 Å². The summed E-state index contributed by atoms with van der Waals surface area (Å²) in [4.78, 5) is 11.9. The van der Waals surface area contributed by atoms with Gasteiger partial charge in [0.15, 0.2) is 0 Å². The van der Waals surface area contributed by atoms with Gasteiger partial charge in [0.25, 0.3) is 0 Å². The average Bonchev–Trinajstić information content (AvgIpc) is 2.99. The van der Waals surface area contributed by atoms with Crippen molar-refractivity contribution in [1.82, 2.24) is 10.6 Å². The molecule has 1 aromatic carbocycles. The zero-order valence-corrected chi connectivity index (χ0v) is 12.1. The molecule has 0 bridgehead atoms. The molecule has 2 unspecified atom stereocenters. The van der Waals surface area contributed by atoms with Crippen molar-refractivity contribution in [3.05, 3.63) is 35.4 Å². The second-order valence-electron chi connectivity index (χ2n) is 5.93. The van der Waals surface area contributed by atoms with E-state index in [1.807, 2.05) is 18.2 Å². The molecule has 5 heteroatoms. The molecule has 1 aliphatic carbocycles. The molecule has 1 aliphatic heterocycles. The molecule has 21 heavy (non-hydrogen) atoms. The number of hydrogen-bond acceptors (Lipinski definition) is 3. The van der Waals surface area contributed by atoms with Gasteiger partial charge < -0.3 is 20.5 Å². The number of rotatable bonds is 3. The fourth-order valence-corrected chi connectivity index (χ4v) is 3.19. The second-order valence-corrected chi connectivity index (χ2v) is 5.93. The Labute approximate surface area is 124 Å². The third-order valence-corrected chi connectivity index (χ3v) is 4.36. The van der Waals surface area contributed by atoms with Crippen LogP contribution < -0.4 is 10.6 Å². The van der Waals surface area contributed by atoms with Crippen molar-refractivity contribution >= 4 is 6.03 Å². The van der Waals surface area contributed by atoms with E-state index in [9.17, 15) is 9.90 Å². The molecule has 0 spiro atoms. The molecular formula is C16H22N2O3. The lowest BCUT2D eigenvalue weighted by Crippen LogP contribution is -2.48. The van der Waals surface area contributed by atoms with Crippen LogP contribution in [0.1, 0.15) is 30.4 Å². The summed E-state index contributed by atoms with van der Waals surface area (Å²) in [5, 5.41) is 16.5. The van der Waals surface area contributed by atoms with Gasteiger partial charge >= 0.3 is 6.03 Å². The van der Waals surface area contributed by atoms with E-state index in [1.165, 1.54) is 5.56 Å². The molecule has 0 aromatic heterocycles. The summed E-state index contributed by atoms with van der Waals surface area (Å²) in [5.41, 5.74) is 1.16. The third kappa shape index (κ3) is 3.19. The highest BCUT2D eigenvalue weighted by atomic mass is 16.5. The van der Waals surface area contributed by atoms with Gasteiger partial charge in [-0.15, -0.1) is 0 Å². The van der Waals surface area contributed by atoms with E-state index in [0.29, 0.717) is 19.6 Å². The number of fused-ring (bicyclic) bond motifs is 1. The largest absolute Gasteiger partial charge is 0.383 e. The molecule has 1 saturated heterocycles. The standard InChI is InChI=1S/C16H22N2O3/c19-15(18-13-7-9-21-10-13)17-11-16(20)8-3-5-12-4-1-2-6-14(12)16/h1-2,4,6,13,20H,3,5,7-11H2,(H2,17,18,19). The number of carbonyl (C=O) groups is 1. The minimum Gasteiger partial charge on any atom is -0.383 e. The number of ether oxygens (including phenoxy) is 1. The lowest BCUT2D eigenvalue weighted by atomic mass is 9.79. The lowest BCUT2D eigenvalue weighted by molar-refractivity contribution is 0.0216. The van der Waals surface area contributed by atoms with Gasteiger partial charge in [-0.25, -0.2) is 4.79 Å². The number of hydrogen-bond donors (Lipinski definition) is 3. The van der Waals surface area contributed by atoms with Gasteiger partial charge in [0, 0.05) is 6.61 Å². The van der Waals surface area contributed by atoms with Crippen molar-refractivity contribution < 1.29 is 14.6 Å². The van der Waals surface area contributed by atoms with Gasteiger partial charge in [-0.2, -0.15) is 0 Å². The smallest absolute Gasteiger partial charge is 0.315 e. The molecule has 1 fully saturated rings. The molecule has 0 saturated carbocycles. The number of carbonyl (C=O) groups excluding carboxylic acids is 1. The molecule has 114 valence electrons. The van der Waals surface area contributed by atoms with Crippen LogP contribution in [0.5, 0.6) is 0 Å². The van der Waals surface area contributed by atoms with Crippen LogP contribution in [0.2, 0.25) is 0 Å². The highest BCUT2D eigenvalue weighted by Crippen LogP contribution is 2.34. The van der Waals surface area contributed by atoms with Gasteiger partial charge in [0.05, 0.1) is 19.2 Å². The van der Waals surface area contributed by atoms with E-state index in [4.69, 9.17) is 4.74 Å². The Balaban J connectivity index is 1.60. The zero-order valence-electron chi connectivity index (χ0n) is 12.1. The van der Waals surface area contributed by atoms with Crippen molar-refractivity contribution in [3.63, 3.8) is 0 Å². The van der Waals surface area contributed by atoms with Crippen molar-refractivity contribution in [1.29, 1.82) is 0 Å². The Bertz CT molecular complexity index is 514. The lowest BCUT2D eigenvalue weighted by Gasteiger charge is -2.34.